The molecular weight excluding hydrogens is 336 g/mol. The van der Waals surface area contributed by atoms with Gasteiger partial charge in [0.2, 0.25) is 5.95 Å². The van der Waals surface area contributed by atoms with E-state index in [1.54, 1.807) is 23.7 Å². The van der Waals surface area contributed by atoms with E-state index in [1.807, 2.05) is 31.7 Å². The van der Waals surface area contributed by atoms with Crippen molar-refractivity contribution in [3.63, 3.8) is 0 Å². The number of anilines is 1. The molecule has 1 fully saturated rings. The van der Waals surface area contributed by atoms with Crippen LogP contribution in [0.5, 0.6) is 0 Å². The molecule has 1 atom stereocenters. The molecule has 3 heterocycles. The number of nitrogens with one attached hydrogen (secondary N) is 1. The first-order valence-corrected chi connectivity index (χ1v) is 9.37. The zero-order chi connectivity index (χ0) is 17.8. The highest BCUT2D eigenvalue weighted by Crippen LogP contribution is 2.22. The van der Waals surface area contributed by atoms with Crippen LogP contribution in [0.3, 0.4) is 0 Å². The first-order chi connectivity index (χ1) is 12.0. The largest absolute Gasteiger partial charge is 0.339 e. The molecule has 0 aromatic carbocycles. The average molecular weight is 360 g/mol. The van der Waals surface area contributed by atoms with Gasteiger partial charge in [0.25, 0.3) is 0 Å². The molecule has 0 unspecified atom stereocenters. The average Bonchev–Trinajstić information content (AvgIpc) is 2.81. The van der Waals surface area contributed by atoms with Crippen molar-refractivity contribution >= 4 is 23.3 Å². The molecular formula is C17H24N6OS. The van der Waals surface area contributed by atoms with E-state index in [1.165, 1.54) is 0 Å². The number of nitrogens with zero attached hydrogens (tertiary/aromatic N) is 5. The van der Waals surface area contributed by atoms with Gasteiger partial charge in [0.05, 0.1) is 16.7 Å². The molecule has 2 aromatic heterocycles. The van der Waals surface area contributed by atoms with Crippen LogP contribution in [0.25, 0.3) is 0 Å². The molecule has 1 saturated heterocycles. The van der Waals surface area contributed by atoms with E-state index in [9.17, 15) is 4.79 Å². The fraction of sp³-hybridized carbons (Fsp3) is 0.529. The van der Waals surface area contributed by atoms with Crippen molar-refractivity contribution in [3.8, 4) is 0 Å². The lowest BCUT2D eigenvalue weighted by Gasteiger charge is -2.24. The lowest BCUT2D eigenvalue weighted by Crippen LogP contribution is -2.43. The second-order valence-electron chi connectivity index (χ2n) is 6.22. The minimum Gasteiger partial charge on any atom is -0.339 e. The van der Waals surface area contributed by atoms with Gasteiger partial charge >= 0.3 is 6.03 Å². The molecule has 134 valence electrons. The Hall–Kier alpha value is -2.22. The Kier molecular flexibility index (Phi) is 5.47. The summed E-state index contributed by atoms with van der Waals surface area (Å²) in [6.45, 7) is 9.01. The van der Waals surface area contributed by atoms with Gasteiger partial charge in [-0.3, -0.25) is 0 Å². The van der Waals surface area contributed by atoms with Gasteiger partial charge in [0.15, 0.2) is 0 Å². The summed E-state index contributed by atoms with van der Waals surface area (Å²) in [5, 5.41) is 4.11. The number of carbonyl (C=O) groups is 1. The number of aryl methyl sites for hydroxylation is 2. The summed E-state index contributed by atoms with van der Waals surface area (Å²) in [5.41, 5.74) is 0.963. The number of urea groups is 1. The van der Waals surface area contributed by atoms with Crippen molar-refractivity contribution in [2.75, 3.05) is 31.1 Å². The van der Waals surface area contributed by atoms with E-state index in [0.717, 1.165) is 47.6 Å². The maximum Gasteiger partial charge on any atom is 0.317 e. The highest BCUT2D eigenvalue weighted by molar-refractivity contribution is 7.11. The minimum atomic E-state index is -0.0886. The molecule has 0 spiro atoms. The molecule has 0 saturated carbocycles. The van der Waals surface area contributed by atoms with Gasteiger partial charge < -0.3 is 15.1 Å². The number of carbonyl (C=O) groups excluding carboxylic acids is 1. The van der Waals surface area contributed by atoms with E-state index in [4.69, 9.17) is 0 Å². The molecule has 2 amide bonds. The van der Waals surface area contributed by atoms with Crippen molar-refractivity contribution in [3.05, 3.63) is 34.0 Å². The van der Waals surface area contributed by atoms with Crippen LogP contribution in [0.15, 0.2) is 18.5 Å². The second kappa shape index (κ2) is 7.77. The van der Waals surface area contributed by atoms with Crippen molar-refractivity contribution in [1.82, 2.24) is 25.2 Å². The van der Waals surface area contributed by atoms with Crippen LogP contribution in [0.2, 0.25) is 0 Å². The van der Waals surface area contributed by atoms with Gasteiger partial charge in [0, 0.05) is 43.4 Å². The first-order valence-electron chi connectivity index (χ1n) is 8.56. The maximum atomic E-state index is 12.6. The third-order valence-electron chi connectivity index (χ3n) is 4.31. The number of amides is 2. The van der Waals surface area contributed by atoms with E-state index in [-0.39, 0.29) is 12.1 Å². The summed E-state index contributed by atoms with van der Waals surface area (Å²) >= 11 is 1.66. The van der Waals surface area contributed by atoms with Crippen molar-refractivity contribution in [2.45, 2.75) is 33.2 Å². The summed E-state index contributed by atoms with van der Waals surface area (Å²) < 4.78 is 0. The Morgan fingerprint density at radius 1 is 1.20 bits per heavy atom. The van der Waals surface area contributed by atoms with Crippen LogP contribution in [-0.4, -0.2) is 52.1 Å². The van der Waals surface area contributed by atoms with E-state index >= 15 is 0 Å². The van der Waals surface area contributed by atoms with E-state index in [0.29, 0.717) is 6.54 Å². The summed E-state index contributed by atoms with van der Waals surface area (Å²) in [5.74, 6) is 0.728. The number of rotatable bonds is 3. The lowest BCUT2D eigenvalue weighted by molar-refractivity contribution is 0.198. The van der Waals surface area contributed by atoms with Crippen LogP contribution >= 0.6 is 11.3 Å². The molecule has 1 aliphatic rings. The van der Waals surface area contributed by atoms with Gasteiger partial charge in [-0.25, -0.2) is 19.7 Å². The van der Waals surface area contributed by atoms with Gasteiger partial charge in [-0.15, -0.1) is 11.3 Å². The second-order valence-corrected chi connectivity index (χ2v) is 7.63. The fourth-order valence-electron chi connectivity index (χ4n) is 3.07. The van der Waals surface area contributed by atoms with Crippen LogP contribution in [0.4, 0.5) is 10.7 Å². The Labute approximate surface area is 152 Å². The monoisotopic (exact) mass is 360 g/mol. The Balaban J connectivity index is 1.58. The van der Waals surface area contributed by atoms with Crippen LogP contribution in [-0.2, 0) is 0 Å². The zero-order valence-corrected chi connectivity index (χ0v) is 15.7. The van der Waals surface area contributed by atoms with Crippen LogP contribution in [0, 0.1) is 13.8 Å². The van der Waals surface area contributed by atoms with Gasteiger partial charge in [-0.2, -0.15) is 0 Å². The number of hydrogen-bond donors (Lipinski definition) is 1. The lowest BCUT2D eigenvalue weighted by atomic mass is 10.2. The highest BCUT2D eigenvalue weighted by atomic mass is 32.1. The molecule has 7 nitrogen and oxygen atoms in total. The predicted molar refractivity (Wildman–Crippen MR) is 99.0 cm³/mol. The molecule has 0 bridgehead atoms. The minimum absolute atomic E-state index is 0.0339. The standard InChI is InChI=1S/C17H24N6OS/c1-12(15-13(2)25-14(3)21-15)20-17(24)23-9-5-8-22(10-11-23)16-18-6-4-7-19-16/h4,6-7,12H,5,8-11H2,1-3H3,(H,20,24)/t12-/m1/s1. The third kappa shape index (κ3) is 4.25. The molecule has 1 N–H and O–H groups in total. The zero-order valence-electron chi connectivity index (χ0n) is 14.9. The van der Waals surface area contributed by atoms with E-state index in [2.05, 4.69) is 25.2 Å². The van der Waals surface area contributed by atoms with Crippen LogP contribution < -0.4 is 10.2 Å². The smallest absolute Gasteiger partial charge is 0.317 e. The maximum absolute atomic E-state index is 12.6. The fourth-order valence-corrected chi connectivity index (χ4v) is 3.98. The van der Waals surface area contributed by atoms with E-state index < -0.39 is 0 Å². The number of hydrogen-bond acceptors (Lipinski definition) is 6. The topological polar surface area (TPSA) is 74.2 Å². The predicted octanol–water partition coefficient (Wildman–Crippen LogP) is 2.53. The quantitative estimate of drug-likeness (QED) is 0.910. The van der Waals surface area contributed by atoms with Gasteiger partial charge in [0.1, 0.15) is 0 Å². The molecule has 0 radical (unpaired) electrons. The third-order valence-corrected chi connectivity index (χ3v) is 5.21. The molecule has 25 heavy (non-hydrogen) atoms. The Morgan fingerprint density at radius 3 is 2.64 bits per heavy atom. The Bertz CT molecular complexity index is 719. The number of thiazole rings is 1. The van der Waals surface area contributed by atoms with Crippen molar-refractivity contribution in [1.29, 1.82) is 0 Å². The molecule has 3 rings (SSSR count). The summed E-state index contributed by atoms with van der Waals surface area (Å²) in [6.07, 6.45) is 4.39. The Morgan fingerprint density at radius 2 is 1.96 bits per heavy atom. The molecule has 2 aromatic rings. The summed E-state index contributed by atoms with van der Waals surface area (Å²) in [6, 6.07) is 1.69. The SMILES string of the molecule is Cc1nc([C@@H](C)NC(=O)N2CCCN(c3ncccn3)CC2)c(C)s1. The van der Waals surface area contributed by atoms with Gasteiger partial charge in [-0.05, 0) is 33.3 Å². The van der Waals surface area contributed by atoms with Gasteiger partial charge in [-0.1, -0.05) is 0 Å². The number of aromatic nitrogens is 3. The van der Waals surface area contributed by atoms with Crippen molar-refractivity contribution in [2.24, 2.45) is 0 Å². The molecule has 8 heteroatoms. The molecule has 1 aliphatic heterocycles. The normalized spacial score (nSPS) is 16.4. The molecule has 0 aliphatic carbocycles. The summed E-state index contributed by atoms with van der Waals surface area (Å²) in [4.78, 5) is 30.9. The van der Waals surface area contributed by atoms with Crippen molar-refractivity contribution < 1.29 is 4.79 Å². The highest BCUT2D eigenvalue weighted by Gasteiger charge is 2.23. The summed E-state index contributed by atoms with van der Waals surface area (Å²) in [7, 11) is 0. The van der Waals surface area contributed by atoms with Crippen LogP contribution in [0.1, 0.15) is 35.0 Å². The first kappa shape index (κ1) is 17.6.